The third-order valence-corrected chi connectivity index (χ3v) is 5.93. The highest BCUT2D eigenvalue weighted by Crippen LogP contribution is 2.35. The van der Waals surface area contributed by atoms with Crippen LogP contribution in [0.1, 0.15) is 28.4 Å². The van der Waals surface area contributed by atoms with Gasteiger partial charge in [-0.15, -0.1) is 11.8 Å². The maximum Gasteiger partial charge on any atom is 0.259 e. The van der Waals surface area contributed by atoms with E-state index >= 15 is 0 Å². The van der Waals surface area contributed by atoms with Gasteiger partial charge in [-0.25, -0.2) is 0 Å². The maximum atomic E-state index is 13.4. The Morgan fingerprint density at radius 3 is 2.50 bits per heavy atom. The van der Waals surface area contributed by atoms with Gasteiger partial charge in [0.2, 0.25) is 0 Å². The molecule has 0 saturated carbocycles. The molecule has 1 atom stereocenters. The smallest absolute Gasteiger partial charge is 0.259 e. The fourth-order valence-electron chi connectivity index (χ4n) is 3.51. The zero-order chi connectivity index (χ0) is 17.9. The molecule has 3 heteroatoms. The zero-order valence-electron chi connectivity index (χ0n) is 14.8. The second kappa shape index (κ2) is 7.38. The van der Waals surface area contributed by atoms with Gasteiger partial charge in [-0.1, -0.05) is 60.7 Å². The largest absolute Gasteiger partial charge is 0.305 e. The number of carbonyl (C=O) groups excluding carboxylic acids is 1. The summed E-state index contributed by atoms with van der Waals surface area (Å²) in [6.45, 7) is 2.12. The van der Waals surface area contributed by atoms with Crippen LogP contribution in [-0.2, 0) is 12.2 Å². The van der Waals surface area contributed by atoms with Gasteiger partial charge in [0.1, 0.15) is 0 Å². The first-order chi connectivity index (χ1) is 12.7. The van der Waals surface area contributed by atoms with E-state index in [1.54, 1.807) is 11.8 Å². The number of hydrogen-bond donors (Lipinski definition) is 0. The van der Waals surface area contributed by atoms with Crippen molar-refractivity contribution in [1.29, 1.82) is 0 Å². The number of carbonyl (C=O) groups is 1. The molecule has 2 nitrogen and oxygen atoms in total. The molecule has 0 spiro atoms. The molecule has 1 amide bonds. The van der Waals surface area contributed by atoms with Gasteiger partial charge in [-0.05, 0) is 42.7 Å². The van der Waals surface area contributed by atoms with Crippen LogP contribution in [0.4, 0.5) is 5.69 Å². The summed E-state index contributed by atoms with van der Waals surface area (Å²) in [5, 5.41) is 0. The van der Waals surface area contributed by atoms with Crippen LogP contribution in [0.3, 0.4) is 0 Å². The van der Waals surface area contributed by atoms with E-state index in [4.69, 9.17) is 0 Å². The third-order valence-electron chi connectivity index (χ3n) is 4.78. The minimum Gasteiger partial charge on any atom is -0.305 e. The summed E-state index contributed by atoms with van der Waals surface area (Å²) in [7, 11) is 0. The molecular weight excluding hydrogens is 338 g/mol. The predicted octanol–water partition coefficient (Wildman–Crippen LogP) is 5.57. The van der Waals surface area contributed by atoms with Crippen molar-refractivity contribution in [3.05, 3.63) is 95.6 Å². The summed E-state index contributed by atoms with van der Waals surface area (Å²) in [6, 6.07) is 26.7. The molecule has 130 valence electrons. The summed E-state index contributed by atoms with van der Waals surface area (Å²) in [6.07, 6.45) is 0.918. The molecule has 1 heterocycles. The molecule has 0 aromatic heterocycles. The second-order valence-electron chi connectivity index (χ2n) is 6.63. The first kappa shape index (κ1) is 16.9. The third kappa shape index (κ3) is 3.27. The lowest BCUT2D eigenvalue weighted by Gasteiger charge is -2.24. The van der Waals surface area contributed by atoms with Crippen LogP contribution in [0.25, 0.3) is 0 Å². The Morgan fingerprint density at radius 1 is 0.962 bits per heavy atom. The van der Waals surface area contributed by atoms with Gasteiger partial charge in [0.25, 0.3) is 5.91 Å². The topological polar surface area (TPSA) is 20.3 Å². The summed E-state index contributed by atoms with van der Waals surface area (Å²) in [4.78, 5) is 16.4. The van der Waals surface area contributed by atoms with Crippen LogP contribution < -0.4 is 4.90 Å². The molecule has 0 bridgehead atoms. The molecule has 1 unspecified atom stereocenters. The van der Waals surface area contributed by atoms with Crippen LogP contribution >= 0.6 is 11.8 Å². The number of thioether (sulfide) groups is 1. The number of para-hydroxylation sites is 1. The van der Waals surface area contributed by atoms with Gasteiger partial charge in [-0.2, -0.15) is 0 Å². The standard InChI is InChI=1S/C23H21NOS/c1-17-15-19-11-5-7-13-21(19)24(17)23(25)20-12-6-8-14-22(20)26-16-18-9-3-2-4-10-18/h2-14,17H,15-16H2,1H3. The van der Waals surface area contributed by atoms with E-state index in [-0.39, 0.29) is 11.9 Å². The van der Waals surface area contributed by atoms with Crippen molar-refractivity contribution in [3.8, 4) is 0 Å². The number of fused-ring (bicyclic) bond motifs is 1. The molecule has 26 heavy (non-hydrogen) atoms. The van der Waals surface area contributed by atoms with Gasteiger partial charge in [0.15, 0.2) is 0 Å². The minimum absolute atomic E-state index is 0.0959. The molecule has 0 fully saturated rings. The molecule has 3 aromatic rings. The Labute approximate surface area is 158 Å². The van der Waals surface area contributed by atoms with Crippen molar-refractivity contribution in [1.82, 2.24) is 0 Å². The molecule has 1 aliphatic rings. The normalized spacial score (nSPS) is 15.7. The van der Waals surface area contributed by atoms with E-state index in [1.165, 1.54) is 11.1 Å². The monoisotopic (exact) mass is 359 g/mol. The van der Waals surface area contributed by atoms with Crippen molar-refractivity contribution >= 4 is 23.4 Å². The maximum absolute atomic E-state index is 13.4. The Morgan fingerprint density at radius 2 is 1.65 bits per heavy atom. The molecule has 0 aliphatic carbocycles. The predicted molar refractivity (Wildman–Crippen MR) is 109 cm³/mol. The molecule has 3 aromatic carbocycles. The van der Waals surface area contributed by atoms with Crippen LogP contribution in [0.15, 0.2) is 83.8 Å². The molecule has 0 radical (unpaired) electrons. The molecule has 0 saturated heterocycles. The lowest BCUT2D eigenvalue weighted by atomic mass is 10.1. The van der Waals surface area contributed by atoms with E-state index in [1.807, 2.05) is 47.4 Å². The second-order valence-corrected chi connectivity index (χ2v) is 7.64. The van der Waals surface area contributed by atoms with E-state index < -0.39 is 0 Å². The Bertz CT molecular complexity index is 922. The van der Waals surface area contributed by atoms with Crippen LogP contribution in [0, 0.1) is 0 Å². The molecule has 0 N–H and O–H groups in total. The summed E-state index contributed by atoms with van der Waals surface area (Å²) in [5.41, 5.74) is 4.35. The number of nitrogens with zero attached hydrogens (tertiary/aromatic N) is 1. The summed E-state index contributed by atoms with van der Waals surface area (Å²) >= 11 is 1.72. The highest BCUT2D eigenvalue weighted by atomic mass is 32.2. The highest BCUT2D eigenvalue weighted by Gasteiger charge is 2.32. The van der Waals surface area contributed by atoms with Crippen LogP contribution in [-0.4, -0.2) is 11.9 Å². The average Bonchev–Trinajstić information content (AvgIpc) is 3.02. The Kier molecular flexibility index (Phi) is 4.81. The number of hydrogen-bond acceptors (Lipinski definition) is 2. The fourth-order valence-corrected chi connectivity index (χ4v) is 4.51. The molecular formula is C23H21NOS. The van der Waals surface area contributed by atoms with Crippen molar-refractivity contribution in [2.45, 2.75) is 30.0 Å². The van der Waals surface area contributed by atoms with Gasteiger partial charge in [0.05, 0.1) is 5.56 Å². The number of amides is 1. The van der Waals surface area contributed by atoms with Gasteiger partial charge >= 0.3 is 0 Å². The van der Waals surface area contributed by atoms with Crippen molar-refractivity contribution in [3.63, 3.8) is 0 Å². The summed E-state index contributed by atoms with van der Waals surface area (Å²) < 4.78 is 0. The van der Waals surface area contributed by atoms with Gasteiger partial charge < -0.3 is 4.90 Å². The van der Waals surface area contributed by atoms with Gasteiger partial charge in [0, 0.05) is 22.4 Å². The minimum atomic E-state index is 0.0959. The first-order valence-corrected chi connectivity index (χ1v) is 9.90. The highest BCUT2D eigenvalue weighted by molar-refractivity contribution is 7.98. The fraction of sp³-hybridized carbons (Fsp3) is 0.174. The molecule has 1 aliphatic heterocycles. The quantitative estimate of drug-likeness (QED) is 0.568. The first-order valence-electron chi connectivity index (χ1n) is 8.91. The van der Waals surface area contributed by atoms with Crippen molar-refractivity contribution in [2.24, 2.45) is 0 Å². The summed E-state index contributed by atoms with van der Waals surface area (Å²) in [5.74, 6) is 0.954. The SMILES string of the molecule is CC1Cc2ccccc2N1C(=O)c1ccccc1SCc1ccccc1. The lowest BCUT2D eigenvalue weighted by Crippen LogP contribution is -2.36. The number of anilines is 1. The van der Waals surface area contributed by atoms with Gasteiger partial charge in [-0.3, -0.25) is 4.79 Å². The van der Waals surface area contributed by atoms with Crippen molar-refractivity contribution in [2.75, 3.05) is 4.90 Å². The Balaban J connectivity index is 1.61. The lowest BCUT2D eigenvalue weighted by molar-refractivity contribution is 0.0978. The molecule has 4 rings (SSSR count). The van der Waals surface area contributed by atoms with E-state index in [0.717, 1.165) is 28.3 Å². The number of rotatable bonds is 4. The Hall–Kier alpha value is -2.52. The van der Waals surface area contributed by atoms with Crippen molar-refractivity contribution < 1.29 is 4.79 Å². The average molecular weight is 359 g/mol. The van der Waals surface area contributed by atoms with E-state index in [2.05, 4.69) is 43.3 Å². The van der Waals surface area contributed by atoms with E-state index in [0.29, 0.717) is 0 Å². The number of benzene rings is 3. The van der Waals surface area contributed by atoms with E-state index in [9.17, 15) is 4.79 Å². The van der Waals surface area contributed by atoms with Crippen LogP contribution in [0.5, 0.6) is 0 Å². The van der Waals surface area contributed by atoms with Crippen LogP contribution in [0.2, 0.25) is 0 Å². The zero-order valence-corrected chi connectivity index (χ0v) is 15.6.